The molecule has 0 bridgehead atoms. The summed E-state index contributed by atoms with van der Waals surface area (Å²) in [6.45, 7) is 7.26. The number of carbonyl (C=O) groups is 2. The Morgan fingerprint density at radius 2 is 1.39 bits per heavy atom. The summed E-state index contributed by atoms with van der Waals surface area (Å²) in [7, 11) is 0. The molecule has 0 atom stereocenters. The third kappa shape index (κ3) is 5.76. The van der Waals surface area contributed by atoms with Crippen LogP contribution in [0, 0.1) is 5.41 Å². The van der Waals surface area contributed by atoms with Crippen molar-refractivity contribution >= 4 is 48.1 Å². The van der Waals surface area contributed by atoms with Gasteiger partial charge in [-0.1, -0.05) is 0 Å². The van der Waals surface area contributed by atoms with Crippen LogP contribution in [0.15, 0.2) is 24.3 Å². The van der Waals surface area contributed by atoms with Gasteiger partial charge in [-0.15, -0.1) is 24.8 Å². The number of hydrogen-bond acceptors (Lipinski definition) is 5. The lowest BCUT2D eigenvalue weighted by atomic mass is 9.67. The third-order valence-corrected chi connectivity index (χ3v) is 8.09. The first kappa shape index (κ1) is 26.1. The molecule has 184 valence electrons. The van der Waals surface area contributed by atoms with Crippen molar-refractivity contribution in [3.63, 3.8) is 0 Å². The van der Waals surface area contributed by atoms with Gasteiger partial charge in [0.15, 0.2) is 0 Å². The fraction of sp³-hybridized carbons (Fsp3) is 0.667. The highest BCUT2D eigenvalue weighted by molar-refractivity contribution is 6.05. The van der Waals surface area contributed by atoms with Crippen molar-refractivity contribution in [2.24, 2.45) is 5.41 Å². The molecule has 0 aromatic heterocycles. The van der Waals surface area contributed by atoms with E-state index >= 15 is 0 Å². The predicted molar refractivity (Wildman–Crippen MR) is 137 cm³/mol. The van der Waals surface area contributed by atoms with E-state index in [9.17, 15) is 9.59 Å². The topological polar surface area (TPSA) is 67.9 Å². The second-order valence-corrected chi connectivity index (χ2v) is 9.78. The van der Waals surface area contributed by atoms with Crippen molar-refractivity contribution in [1.29, 1.82) is 0 Å². The van der Waals surface area contributed by atoms with Crippen LogP contribution in [0.1, 0.15) is 44.9 Å². The Balaban J connectivity index is 0.00000153. The molecule has 4 fully saturated rings. The number of nitrogens with one attached hydrogen (secondary N) is 2. The van der Waals surface area contributed by atoms with Gasteiger partial charge >= 0.3 is 6.03 Å². The lowest BCUT2D eigenvalue weighted by molar-refractivity contribution is -0.120. The molecule has 33 heavy (non-hydrogen) atoms. The zero-order valence-electron chi connectivity index (χ0n) is 19.3. The van der Waals surface area contributed by atoms with Crippen molar-refractivity contribution in [3.8, 4) is 0 Å². The maximum absolute atomic E-state index is 12.1. The molecule has 9 heteroatoms. The number of piperidine rings is 1. The lowest BCUT2D eigenvalue weighted by Crippen LogP contribution is -2.52. The molecule has 2 N–H and O–H groups in total. The summed E-state index contributed by atoms with van der Waals surface area (Å²) < 4.78 is 0. The minimum atomic E-state index is -0.323. The summed E-state index contributed by atoms with van der Waals surface area (Å²) in [5.41, 5.74) is 2.71. The monoisotopic (exact) mass is 497 g/mol. The van der Waals surface area contributed by atoms with E-state index in [-0.39, 0.29) is 36.8 Å². The molecule has 1 aromatic rings. The molecule has 1 saturated carbocycles. The van der Waals surface area contributed by atoms with Crippen LogP contribution >= 0.6 is 24.8 Å². The molecule has 3 saturated heterocycles. The van der Waals surface area contributed by atoms with Crippen LogP contribution < -0.4 is 20.4 Å². The molecule has 0 radical (unpaired) electrons. The van der Waals surface area contributed by atoms with Gasteiger partial charge in [-0.2, -0.15) is 0 Å². The molecule has 1 aromatic carbocycles. The second kappa shape index (κ2) is 11.3. The fourth-order valence-corrected chi connectivity index (χ4v) is 6.04. The number of rotatable bonds is 3. The number of imide groups is 1. The fourth-order valence-electron chi connectivity index (χ4n) is 6.04. The SMILES string of the molecule is Cl.Cl.O=C1CCN(c2ccc(N3CCN(C4CCC5(CCNCC5)CC4)CC3)cc2)C(=O)N1. The van der Waals surface area contributed by atoms with Crippen molar-refractivity contribution in [3.05, 3.63) is 24.3 Å². The molecular weight excluding hydrogens is 461 g/mol. The Bertz CT molecular complexity index is 798. The second-order valence-electron chi connectivity index (χ2n) is 9.78. The van der Waals surface area contributed by atoms with Gasteiger partial charge < -0.3 is 10.2 Å². The zero-order chi connectivity index (χ0) is 21.3. The van der Waals surface area contributed by atoms with Gasteiger partial charge in [0.1, 0.15) is 0 Å². The first-order valence-electron chi connectivity index (χ1n) is 12.0. The number of halogens is 2. The van der Waals surface area contributed by atoms with E-state index in [2.05, 4.69) is 32.6 Å². The van der Waals surface area contributed by atoms with E-state index in [0.29, 0.717) is 18.4 Å². The van der Waals surface area contributed by atoms with Crippen molar-refractivity contribution in [2.75, 3.05) is 55.6 Å². The Labute approximate surface area is 209 Å². The Hall–Kier alpha value is -1.54. The Morgan fingerprint density at radius 1 is 0.788 bits per heavy atom. The zero-order valence-corrected chi connectivity index (χ0v) is 20.9. The van der Waals surface area contributed by atoms with E-state index in [0.717, 1.165) is 37.9 Å². The van der Waals surface area contributed by atoms with E-state index < -0.39 is 0 Å². The van der Waals surface area contributed by atoms with Gasteiger partial charge in [-0.25, -0.2) is 4.79 Å². The van der Waals surface area contributed by atoms with Crippen LogP contribution in [0.2, 0.25) is 0 Å². The molecule has 3 amide bonds. The smallest absolute Gasteiger partial charge is 0.328 e. The van der Waals surface area contributed by atoms with Crippen molar-refractivity contribution in [2.45, 2.75) is 51.0 Å². The maximum Gasteiger partial charge on any atom is 0.328 e. The Morgan fingerprint density at radius 3 is 2.00 bits per heavy atom. The summed E-state index contributed by atoms with van der Waals surface area (Å²) in [5.74, 6) is -0.195. The van der Waals surface area contributed by atoms with Crippen LogP contribution in [-0.4, -0.2) is 68.7 Å². The van der Waals surface area contributed by atoms with Crippen LogP contribution in [-0.2, 0) is 4.79 Å². The quantitative estimate of drug-likeness (QED) is 0.669. The number of anilines is 2. The van der Waals surface area contributed by atoms with E-state index in [1.54, 1.807) is 4.90 Å². The van der Waals surface area contributed by atoms with Gasteiger partial charge in [-0.05, 0) is 81.3 Å². The standard InChI is InChI=1S/C24H35N5O2.2ClH/c30-22-7-14-29(23(31)26-22)21-3-1-19(2-4-21)27-15-17-28(18-16-27)20-5-8-24(9-6-20)10-12-25-13-11-24;;/h1-4,20,25H,5-18H2,(H,26,30,31);2*1H. The molecule has 3 aliphatic heterocycles. The molecule has 3 heterocycles. The molecule has 0 unspecified atom stereocenters. The Kier molecular flexibility index (Phi) is 8.89. The molecule has 7 nitrogen and oxygen atoms in total. The van der Waals surface area contributed by atoms with Gasteiger partial charge in [0, 0.05) is 56.6 Å². The first-order valence-corrected chi connectivity index (χ1v) is 12.0. The van der Waals surface area contributed by atoms with Crippen molar-refractivity contribution in [1.82, 2.24) is 15.5 Å². The average molecular weight is 498 g/mol. The first-order chi connectivity index (χ1) is 15.1. The number of hydrogen-bond donors (Lipinski definition) is 2. The van der Waals surface area contributed by atoms with E-state index in [4.69, 9.17) is 0 Å². The van der Waals surface area contributed by atoms with Crippen LogP contribution in [0.5, 0.6) is 0 Å². The summed E-state index contributed by atoms with van der Waals surface area (Å²) in [6, 6.07) is 8.65. The maximum atomic E-state index is 12.1. The minimum absolute atomic E-state index is 0. The average Bonchev–Trinajstić information content (AvgIpc) is 2.81. The number of piperazine rings is 1. The molecule has 5 rings (SSSR count). The largest absolute Gasteiger partial charge is 0.369 e. The van der Waals surface area contributed by atoms with Gasteiger partial charge in [0.2, 0.25) is 5.91 Å². The predicted octanol–water partition coefficient (Wildman–Crippen LogP) is 3.41. The summed E-state index contributed by atoms with van der Waals surface area (Å²) in [4.78, 5) is 30.2. The third-order valence-electron chi connectivity index (χ3n) is 8.09. The highest BCUT2D eigenvalue weighted by atomic mass is 35.5. The molecular formula is C24H37Cl2N5O2. The highest BCUT2D eigenvalue weighted by Crippen LogP contribution is 2.44. The highest BCUT2D eigenvalue weighted by Gasteiger charge is 2.38. The van der Waals surface area contributed by atoms with Crippen LogP contribution in [0.3, 0.4) is 0 Å². The van der Waals surface area contributed by atoms with Gasteiger partial charge in [-0.3, -0.25) is 19.9 Å². The van der Waals surface area contributed by atoms with Gasteiger partial charge in [0.05, 0.1) is 0 Å². The summed E-state index contributed by atoms with van der Waals surface area (Å²) in [6.07, 6.45) is 8.67. The molecule has 1 aliphatic carbocycles. The summed E-state index contributed by atoms with van der Waals surface area (Å²) in [5, 5.41) is 5.92. The number of amides is 3. The van der Waals surface area contributed by atoms with Crippen molar-refractivity contribution < 1.29 is 9.59 Å². The number of benzene rings is 1. The molecule has 4 aliphatic rings. The van der Waals surface area contributed by atoms with Gasteiger partial charge in [0.25, 0.3) is 0 Å². The lowest BCUT2D eigenvalue weighted by Gasteiger charge is -2.47. The van der Waals surface area contributed by atoms with E-state index in [1.807, 2.05) is 12.1 Å². The number of carbonyl (C=O) groups excluding carboxylic acids is 2. The molecule has 1 spiro atoms. The van der Waals surface area contributed by atoms with Crippen LogP contribution in [0.25, 0.3) is 0 Å². The number of nitrogens with zero attached hydrogens (tertiary/aromatic N) is 3. The summed E-state index contributed by atoms with van der Waals surface area (Å²) >= 11 is 0. The number of urea groups is 1. The van der Waals surface area contributed by atoms with E-state index in [1.165, 1.54) is 57.3 Å². The minimum Gasteiger partial charge on any atom is -0.369 e. The normalized spacial score (nSPS) is 24.1. The van der Waals surface area contributed by atoms with Crippen LogP contribution in [0.4, 0.5) is 16.2 Å².